The van der Waals surface area contributed by atoms with Gasteiger partial charge in [0.05, 0.1) is 5.56 Å². The Morgan fingerprint density at radius 1 is 1.16 bits per heavy atom. The number of aryl methyl sites for hydroxylation is 1. The number of nitrogens with one attached hydrogen (secondary N) is 2. The Morgan fingerprint density at radius 3 is 2.62 bits per heavy atom. The molecule has 1 fully saturated rings. The van der Waals surface area contributed by atoms with E-state index in [2.05, 4.69) is 20.3 Å². The highest BCUT2D eigenvalue weighted by atomic mass is 19.4. The molecule has 0 spiro atoms. The number of carbonyl (C=O) groups is 1. The maximum atomic E-state index is 13.3. The van der Waals surface area contributed by atoms with Crippen molar-refractivity contribution in [2.24, 2.45) is 5.92 Å². The first-order valence-corrected chi connectivity index (χ1v) is 11.9. The minimum absolute atomic E-state index is 0.153. The van der Waals surface area contributed by atoms with E-state index in [-0.39, 0.29) is 23.8 Å². The average Bonchev–Trinajstić information content (AvgIpc) is 3.51. The Hall–Kier alpha value is -4.15. The third kappa shape index (κ3) is 5.07. The normalized spacial score (nSPS) is 16.6. The minimum atomic E-state index is -4.49. The van der Waals surface area contributed by atoms with Crippen LogP contribution >= 0.6 is 0 Å². The fraction of sp³-hybridized carbons (Fsp3) is 0.308. The second-order valence-electron chi connectivity index (χ2n) is 8.98. The molecule has 1 aliphatic heterocycles. The number of halogens is 3. The molecule has 4 aromatic rings. The van der Waals surface area contributed by atoms with Crippen LogP contribution in [0.15, 0.2) is 59.7 Å². The van der Waals surface area contributed by atoms with E-state index in [4.69, 9.17) is 4.74 Å². The standard InChI is InChI=1S/C26H24F3N5O3/c1-2-10-34-14-31-24-21(25(34)36)32-23(33-24)15-6-8-19(9-7-15)37-22(17-12-20(35)30-13-17)16-4-3-5-18(11-16)26(27,28)29/h3-9,11,14,17,22H,2,10,12-13H2,1H3,(H,30,35)(H,32,33). The maximum absolute atomic E-state index is 13.3. The molecule has 0 aliphatic carbocycles. The number of nitrogens with zero attached hydrogens (tertiary/aromatic N) is 3. The summed E-state index contributed by atoms with van der Waals surface area (Å²) < 4.78 is 47.7. The van der Waals surface area contributed by atoms with Crippen molar-refractivity contribution in [3.8, 4) is 17.1 Å². The van der Waals surface area contributed by atoms with Crippen LogP contribution < -0.4 is 15.6 Å². The summed E-state index contributed by atoms with van der Waals surface area (Å²) in [5.74, 6) is 0.380. The summed E-state index contributed by atoms with van der Waals surface area (Å²) in [6, 6.07) is 11.8. The Kier molecular flexibility index (Phi) is 6.45. The number of ether oxygens (including phenoxy) is 1. The van der Waals surface area contributed by atoms with E-state index in [0.717, 1.165) is 18.6 Å². The molecule has 1 saturated heterocycles. The highest BCUT2D eigenvalue weighted by Gasteiger charge is 2.35. The van der Waals surface area contributed by atoms with Gasteiger partial charge in [-0.15, -0.1) is 0 Å². The minimum Gasteiger partial charge on any atom is -0.485 e. The molecule has 3 heterocycles. The van der Waals surface area contributed by atoms with Gasteiger partial charge in [0.1, 0.15) is 24.0 Å². The number of carbonyl (C=O) groups excluding carboxylic acids is 1. The molecule has 192 valence electrons. The fourth-order valence-electron chi connectivity index (χ4n) is 4.47. The number of amides is 1. The number of benzene rings is 2. The molecule has 2 aromatic carbocycles. The van der Waals surface area contributed by atoms with E-state index >= 15 is 0 Å². The lowest BCUT2D eigenvalue weighted by Gasteiger charge is -2.25. The highest BCUT2D eigenvalue weighted by Crippen LogP contribution is 2.36. The van der Waals surface area contributed by atoms with Gasteiger partial charge in [-0.2, -0.15) is 13.2 Å². The highest BCUT2D eigenvalue weighted by molar-refractivity contribution is 5.78. The molecule has 1 amide bonds. The number of imidazole rings is 1. The van der Waals surface area contributed by atoms with Gasteiger partial charge in [-0.25, -0.2) is 9.97 Å². The van der Waals surface area contributed by atoms with E-state index in [1.807, 2.05) is 6.92 Å². The maximum Gasteiger partial charge on any atom is 0.416 e. The van der Waals surface area contributed by atoms with Gasteiger partial charge in [-0.05, 0) is 48.4 Å². The number of aromatic amines is 1. The summed E-state index contributed by atoms with van der Waals surface area (Å²) in [6.07, 6.45) is -2.83. The van der Waals surface area contributed by atoms with Crippen LogP contribution in [0.1, 0.15) is 37.0 Å². The Bertz CT molecular complexity index is 1490. The van der Waals surface area contributed by atoms with Gasteiger partial charge < -0.3 is 15.0 Å². The van der Waals surface area contributed by atoms with Crippen LogP contribution in [0.4, 0.5) is 13.2 Å². The molecule has 0 radical (unpaired) electrons. The molecule has 11 heteroatoms. The van der Waals surface area contributed by atoms with Gasteiger partial charge in [-0.3, -0.25) is 14.2 Å². The molecule has 0 bridgehead atoms. The zero-order valence-electron chi connectivity index (χ0n) is 19.9. The van der Waals surface area contributed by atoms with Crippen molar-refractivity contribution >= 4 is 17.1 Å². The van der Waals surface area contributed by atoms with Crippen LogP contribution in [0.25, 0.3) is 22.6 Å². The van der Waals surface area contributed by atoms with Gasteiger partial charge in [0, 0.05) is 31.0 Å². The van der Waals surface area contributed by atoms with Gasteiger partial charge in [0.25, 0.3) is 5.56 Å². The molecule has 8 nitrogen and oxygen atoms in total. The topological polar surface area (TPSA) is 102 Å². The first kappa shape index (κ1) is 24.5. The van der Waals surface area contributed by atoms with Gasteiger partial charge in [-0.1, -0.05) is 19.1 Å². The van der Waals surface area contributed by atoms with Crippen molar-refractivity contribution < 1.29 is 22.7 Å². The summed E-state index contributed by atoms with van der Waals surface area (Å²) in [7, 11) is 0. The zero-order valence-corrected chi connectivity index (χ0v) is 19.9. The molecule has 2 atom stereocenters. The van der Waals surface area contributed by atoms with E-state index < -0.39 is 17.8 Å². The predicted octanol–water partition coefficient (Wildman–Crippen LogP) is 4.47. The first-order chi connectivity index (χ1) is 17.7. The lowest BCUT2D eigenvalue weighted by atomic mass is 9.93. The summed E-state index contributed by atoms with van der Waals surface area (Å²) in [6.45, 7) is 2.83. The summed E-state index contributed by atoms with van der Waals surface area (Å²) in [5, 5.41) is 2.72. The Balaban J connectivity index is 1.42. The third-order valence-electron chi connectivity index (χ3n) is 6.31. The van der Waals surface area contributed by atoms with E-state index in [9.17, 15) is 22.8 Å². The number of hydrogen-bond acceptors (Lipinski definition) is 5. The third-order valence-corrected chi connectivity index (χ3v) is 6.31. The number of fused-ring (bicyclic) bond motifs is 1. The van der Waals surface area contributed by atoms with Crippen LogP contribution in [0.2, 0.25) is 0 Å². The first-order valence-electron chi connectivity index (χ1n) is 11.9. The lowest BCUT2D eigenvalue weighted by Crippen LogP contribution is -2.22. The van der Waals surface area contributed by atoms with Gasteiger partial charge in [0.15, 0.2) is 11.2 Å². The smallest absolute Gasteiger partial charge is 0.416 e. The van der Waals surface area contributed by atoms with Crippen molar-refractivity contribution in [3.63, 3.8) is 0 Å². The quantitative estimate of drug-likeness (QED) is 0.381. The summed E-state index contributed by atoms with van der Waals surface area (Å²) >= 11 is 0. The number of alkyl halides is 3. The van der Waals surface area contributed by atoms with Crippen LogP contribution in [0, 0.1) is 5.92 Å². The van der Waals surface area contributed by atoms with E-state index in [1.54, 1.807) is 30.3 Å². The van der Waals surface area contributed by atoms with Crippen molar-refractivity contribution in [2.75, 3.05) is 6.54 Å². The molecule has 37 heavy (non-hydrogen) atoms. The summed E-state index contributed by atoms with van der Waals surface area (Å²) in [5.41, 5.74) is 0.675. The number of aromatic nitrogens is 4. The molecular formula is C26H24F3N5O3. The molecule has 2 N–H and O–H groups in total. The monoisotopic (exact) mass is 511 g/mol. The molecule has 2 aromatic heterocycles. The number of H-pyrrole nitrogens is 1. The molecule has 2 unspecified atom stereocenters. The van der Waals surface area contributed by atoms with Crippen molar-refractivity contribution in [1.29, 1.82) is 0 Å². The van der Waals surface area contributed by atoms with Crippen molar-refractivity contribution in [1.82, 2.24) is 24.8 Å². The van der Waals surface area contributed by atoms with Crippen molar-refractivity contribution in [2.45, 2.75) is 38.6 Å². The second kappa shape index (κ2) is 9.72. The molecule has 5 rings (SSSR count). The predicted molar refractivity (Wildman–Crippen MR) is 130 cm³/mol. The molecular weight excluding hydrogens is 487 g/mol. The van der Waals surface area contributed by atoms with Crippen LogP contribution in [-0.4, -0.2) is 32.0 Å². The average molecular weight is 512 g/mol. The van der Waals surface area contributed by atoms with E-state index in [1.165, 1.54) is 17.0 Å². The van der Waals surface area contributed by atoms with Crippen molar-refractivity contribution in [3.05, 3.63) is 76.3 Å². The fourth-order valence-corrected chi connectivity index (χ4v) is 4.47. The second-order valence-corrected chi connectivity index (χ2v) is 8.98. The zero-order chi connectivity index (χ0) is 26.2. The SMILES string of the molecule is CCCn1cnc2nc(-c3ccc(OC(c4cccc(C(F)(F)F)c4)C4CNC(=O)C4)cc3)[nH]c2c1=O. The molecule has 0 saturated carbocycles. The van der Waals surface area contributed by atoms with Gasteiger partial charge in [0.2, 0.25) is 5.91 Å². The Labute approximate surface area is 209 Å². The van der Waals surface area contributed by atoms with Crippen LogP contribution in [0.5, 0.6) is 5.75 Å². The summed E-state index contributed by atoms with van der Waals surface area (Å²) in [4.78, 5) is 36.2. The number of hydrogen-bond donors (Lipinski definition) is 2. The lowest BCUT2D eigenvalue weighted by molar-refractivity contribution is -0.137. The van der Waals surface area contributed by atoms with Crippen LogP contribution in [0.3, 0.4) is 0 Å². The largest absolute Gasteiger partial charge is 0.485 e. The van der Waals surface area contributed by atoms with Gasteiger partial charge >= 0.3 is 6.18 Å². The Morgan fingerprint density at radius 2 is 1.95 bits per heavy atom. The molecule has 1 aliphatic rings. The van der Waals surface area contributed by atoms with E-state index in [0.29, 0.717) is 47.0 Å². The number of rotatable bonds is 7. The van der Waals surface area contributed by atoms with Crippen LogP contribution in [-0.2, 0) is 17.5 Å².